The predicted octanol–water partition coefficient (Wildman–Crippen LogP) is 4.48. The van der Waals surface area contributed by atoms with Crippen molar-refractivity contribution in [3.63, 3.8) is 0 Å². The van der Waals surface area contributed by atoms with E-state index in [9.17, 15) is 19.8 Å². The molecule has 0 saturated carbocycles. The van der Waals surface area contributed by atoms with Gasteiger partial charge in [-0.05, 0) is 60.4 Å². The molecule has 0 aliphatic rings. The smallest absolute Gasteiger partial charge is 0.255 e. The molecule has 1 amide bonds. The quantitative estimate of drug-likeness (QED) is 0.496. The average Bonchev–Trinajstić information content (AvgIpc) is 2.74. The number of carbonyl (C=O) groups excluding carboxylic acids is 2. The molecule has 0 fully saturated rings. The first-order chi connectivity index (χ1) is 14.0. The molecule has 3 aromatic rings. The molecule has 0 atom stereocenters. The van der Waals surface area contributed by atoms with Crippen molar-refractivity contribution in [1.82, 2.24) is 0 Å². The Kier molecular flexibility index (Phi) is 6.63. The lowest BCUT2D eigenvalue weighted by atomic mass is 10.0. The van der Waals surface area contributed by atoms with Crippen LogP contribution in [0.5, 0.6) is 11.5 Å². The third-order valence-electron chi connectivity index (χ3n) is 4.67. The van der Waals surface area contributed by atoms with Crippen LogP contribution in [0.2, 0.25) is 0 Å². The lowest BCUT2D eigenvalue weighted by Crippen LogP contribution is -2.11. The van der Waals surface area contributed by atoms with E-state index in [-0.39, 0.29) is 23.2 Å². The summed E-state index contributed by atoms with van der Waals surface area (Å²) in [6.07, 6.45) is 1.97. The van der Waals surface area contributed by atoms with E-state index < -0.39 is 0 Å². The van der Waals surface area contributed by atoms with Gasteiger partial charge < -0.3 is 15.5 Å². The maximum absolute atomic E-state index is 12.2. The van der Waals surface area contributed by atoms with Crippen molar-refractivity contribution in [3.05, 3.63) is 89.5 Å². The Labute approximate surface area is 169 Å². The average molecular weight is 389 g/mol. The molecule has 3 N–H and O–H groups in total. The van der Waals surface area contributed by atoms with E-state index in [1.165, 1.54) is 12.1 Å². The van der Waals surface area contributed by atoms with Gasteiger partial charge in [0.05, 0.1) is 0 Å². The van der Waals surface area contributed by atoms with Gasteiger partial charge in [-0.2, -0.15) is 0 Å². The predicted molar refractivity (Wildman–Crippen MR) is 112 cm³/mol. The number of benzene rings is 3. The van der Waals surface area contributed by atoms with Gasteiger partial charge in [-0.15, -0.1) is 0 Å². The minimum atomic E-state index is -0.172. The van der Waals surface area contributed by atoms with Gasteiger partial charge in [-0.25, -0.2) is 0 Å². The number of phenols is 2. The fourth-order valence-corrected chi connectivity index (χ4v) is 2.96. The summed E-state index contributed by atoms with van der Waals surface area (Å²) in [5.41, 5.74) is 3.15. The highest BCUT2D eigenvalue weighted by molar-refractivity contribution is 6.04. The molecule has 0 saturated heterocycles. The van der Waals surface area contributed by atoms with Crippen molar-refractivity contribution in [2.24, 2.45) is 0 Å². The van der Waals surface area contributed by atoms with E-state index in [0.29, 0.717) is 36.9 Å². The second kappa shape index (κ2) is 9.55. The van der Waals surface area contributed by atoms with Gasteiger partial charge in [0.2, 0.25) is 0 Å². The van der Waals surface area contributed by atoms with E-state index in [4.69, 9.17) is 0 Å². The number of hydrogen-bond acceptors (Lipinski definition) is 4. The Morgan fingerprint density at radius 2 is 1.34 bits per heavy atom. The third-order valence-corrected chi connectivity index (χ3v) is 4.67. The molecular weight excluding hydrogens is 366 g/mol. The first-order valence-electron chi connectivity index (χ1n) is 9.49. The fourth-order valence-electron chi connectivity index (χ4n) is 2.96. The van der Waals surface area contributed by atoms with Gasteiger partial charge in [0.25, 0.3) is 5.91 Å². The van der Waals surface area contributed by atoms with Crippen molar-refractivity contribution >= 4 is 17.4 Å². The molecule has 0 unspecified atom stereocenters. The fraction of sp³-hybridized carbons (Fsp3) is 0.167. The summed E-state index contributed by atoms with van der Waals surface area (Å²) in [5, 5.41) is 21.7. The number of Topliss-reactive ketones (excluding diaryl/α,β-unsaturated/α-hetero) is 1. The minimum absolute atomic E-state index is 0.138. The highest BCUT2D eigenvalue weighted by atomic mass is 16.3. The second-order valence-corrected chi connectivity index (χ2v) is 6.88. The number of aryl methyl sites for hydroxylation is 2. The van der Waals surface area contributed by atoms with E-state index in [0.717, 1.165) is 11.1 Å². The first kappa shape index (κ1) is 20.1. The molecule has 3 rings (SSSR count). The number of hydrogen-bond donors (Lipinski definition) is 3. The maximum Gasteiger partial charge on any atom is 0.255 e. The van der Waals surface area contributed by atoms with Gasteiger partial charge in [-0.1, -0.05) is 36.4 Å². The molecule has 0 spiro atoms. The maximum atomic E-state index is 12.2. The third kappa shape index (κ3) is 5.94. The van der Waals surface area contributed by atoms with Crippen LogP contribution in [0.3, 0.4) is 0 Å². The summed E-state index contributed by atoms with van der Waals surface area (Å²) in [6, 6.07) is 21.1. The highest BCUT2D eigenvalue weighted by Crippen LogP contribution is 2.25. The number of ketones is 1. The standard InChI is InChI=1S/C24H23NO4/c26-21(14-9-18-10-15-22(27)23(28)16-18)13-8-17-6-11-20(12-7-17)25-24(29)19-4-2-1-3-5-19/h1-7,10-12,15-16,27-28H,8-9,13-14H2,(H,25,29). The number of anilines is 1. The summed E-state index contributed by atoms with van der Waals surface area (Å²) < 4.78 is 0. The number of aromatic hydroxyl groups is 2. The molecule has 0 aliphatic carbocycles. The second-order valence-electron chi connectivity index (χ2n) is 6.88. The summed E-state index contributed by atoms with van der Waals surface area (Å²) in [6.45, 7) is 0. The van der Waals surface area contributed by atoms with Crippen LogP contribution in [-0.4, -0.2) is 21.9 Å². The van der Waals surface area contributed by atoms with Crippen molar-refractivity contribution in [1.29, 1.82) is 0 Å². The zero-order valence-electron chi connectivity index (χ0n) is 16.0. The SMILES string of the molecule is O=C(CCc1ccc(NC(=O)c2ccccc2)cc1)CCc1ccc(O)c(O)c1. The lowest BCUT2D eigenvalue weighted by molar-refractivity contribution is -0.119. The minimum Gasteiger partial charge on any atom is -0.504 e. The molecule has 3 aromatic carbocycles. The van der Waals surface area contributed by atoms with Gasteiger partial charge in [0.15, 0.2) is 11.5 Å². The van der Waals surface area contributed by atoms with Crippen molar-refractivity contribution in [2.45, 2.75) is 25.7 Å². The Hall–Kier alpha value is -3.60. The van der Waals surface area contributed by atoms with E-state index in [1.54, 1.807) is 18.2 Å². The van der Waals surface area contributed by atoms with Crippen LogP contribution in [0.25, 0.3) is 0 Å². The molecule has 5 nitrogen and oxygen atoms in total. The molecule has 0 bridgehead atoms. The molecule has 0 heterocycles. The Bertz CT molecular complexity index is 982. The molecule has 0 radical (unpaired) electrons. The molecule has 0 aliphatic heterocycles. The zero-order valence-corrected chi connectivity index (χ0v) is 16.0. The van der Waals surface area contributed by atoms with Gasteiger partial charge in [-0.3, -0.25) is 9.59 Å². The highest BCUT2D eigenvalue weighted by Gasteiger charge is 2.07. The summed E-state index contributed by atoms with van der Waals surface area (Å²) in [5.74, 6) is -0.356. The van der Waals surface area contributed by atoms with Crippen LogP contribution in [-0.2, 0) is 17.6 Å². The van der Waals surface area contributed by atoms with E-state index in [1.807, 2.05) is 42.5 Å². The number of phenolic OH excluding ortho intramolecular Hbond substituents is 2. The Morgan fingerprint density at radius 1 is 0.724 bits per heavy atom. The molecule has 0 aromatic heterocycles. The molecule has 5 heteroatoms. The summed E-state index contributed by atoms with van der Waals surface area (Å²) in [7, 11) is 0. The largest absolute Gasteiger partial charge is 0.504 e. The topological polar surface area (TPSA) is 86.6 Å². The normalized spacial score (nSPS) is 10.5. The summed E-state index contributed by atoms with van der Waals surface area (Å²) in [4.78, 5) is 24.3. The molecule has 148 valence electrons. The van der Waals surface area contributed by atoms with Crippen LogP contribution >= 0.6 is 0 Å². The number of amides is 1. The van der Waals surface area contributed by atoms with Crippen LogP contribution in [0.1, 0.15) is 34.3 Å². The Morgan fingerprint density at radius 3 is 2.00 bits per heavy atom. The van der Waals surface area contributed by atoms with Crippen LogP contribution < -0.4 is 5.32 Å². The Balaban J connectivity index is 1.45. The van der Waals surface area contributed by atoms with Gasteiger partial charge in [0.1, 0.15) is 5.78 Å². The zero-order chi connectivity index (χ0) is 20.6. The molecular formula is C24H23NO4. The van der Waals surface area contributed by atoms with Gasteiger partial charge >= 0.3 is 0 Å². The number of rotatable bonds is 8. The number of nitrogens with one attached hydrogen (secondary N) is 1. The lowest BCUT2D eigenvalue weighted by Gasteiger charge is -2.07. The monoisotopic (exact) mass is 389 g/mol. The van der Waals surface area contributed by atoms with E-state index in [2.05, 4.69) is 5.32 Å². The molecule has 29 heavy (non-hydrogen) atoms. The van der Waals surface area contributed by atoms with Crippen molar-refractivity contribution < 1.29 is 19.8 Å². The summed E-state index contributed by atoms with van der Waals surface area (Å²) >= 11 is 0. The van der Waals surface area contributed by atoms with Crippen molar-refractivity contribution in [3.8, 4) is 11.5 Å². The van der Waals surface area contributed by atoms with Crippen LogP contribution in [0, 0.1) is 0 Å². The van der Waals surface area contributed by atoms with Crippen molar-refractivity contribution in [2.75, 3.05) is 5.32 Å². The first-order valence-corrected chi connectivity index (χ1v) is 9.49. The van der Waals surface area contributed by atoms with Gasteiger partial charge in [0, 0.05) is 24.1 Å². The van der Waals surface area contributed by atoms with Crippen LogP contribution in [0.15, 0.2) is 72.8 Å². The van der Waals surface area contributed by atoms with Crippen LogP contribution in [0.4, 0.5) is 5.69 Å². The number of carbonyl (C=O) groups is 2. The van der Waals surface area contributed by atoms with E-state index >= 15 is 0 Å².